The maximum atomic E-state index is 12.6. The molecule has 24 heavy (non-hydrogen) atoms. The van der Waals surface area contributed by atoms with Crippen LogP contribution in [0.3, 0.4) is 0 Å². The van der Waals surface area contributed by atoms with Crippen LogP contribution in [0.5, 0.6) is 0 Å². The number of rotatable bonds is 4. The molecular weight excluding hydrogens is 306 g/mol. The fraction of sp³-hybridized carbons (Fsp3) is 0.263. The SMILES string of the molecule is O=C(OCc1ccccc1)OC(=O)C1(c2ccccc2)CCCN1. The van der Waals surface area contributed by atoms with Crippen LogP contribution in [0.15, 0.2) is 60.7 Å². The number of hydrogen-bond acceptors (Lipinski definition) is 5. The lowest BCUT2D eigenvalue weighted by atomic mass is 9.88. The molecular formula is C19H19NO4. The lowest BCUT2D eigenvalue weighted by Gasteiger charge is -2.26. The first-order valence-electron chi connectivity index (χ1n) is 7.94. The summed E-state index contributed by atoms with van der Waals surface area (Å²) in [7, 11) is 0. The Labute approximate surface area is 140 Å². The van der Waals surface area contributed by atoms with Crippen LogP contribution in [0.25, 0.3) is 0 Å². The van der Waals surface area contributed by atoms with Gasteiger partial charge in [-0.25, -0.2) is 9.59 Å². The molecule has 5 heteroatoms. The smallest absolute Gasteiger partial charge is 0.429 e. The van der Waals surface area contributed by atoms with Gasteiger partial charge in [-0.3, -0.25) is 5.32 Å². The van der Waals surface area contributed by atoms with E-state index in [-0.39, 0.29) is 6.61 Å². The number of hydrogen-bond donors (Lipinski definition) is 1. The van der Waals surface area contributed by atoms with Crippen molar-refractivity contribution in [1.82, 2.24) is 5.32 Å². The van der Waals surface area contributed by atoms with Gasteiger partial charge >= 0.3 is 12.1 Å². The predicted molar refractivity (Wildman–Crippen MR) is 88.1 cm³/mol. The average molecular weight is 325 g/mol. The molecule has 0 aromatic heterocycles. The fourth-order valence-electron chi connectivity index (χ4n) is 2.91. The minimum absolute atomic E-state index is 0.0682. The van der Waals surface area contributed by atoms with Gasteiger partial charge in [-0.1, -0.05) is 60.7 Å². The molecule has 1 unspecified atom stereocenters. The number of ether oxygens (including phenoxy) is 2. The highest BCUT2D eigenvalue weighted by Gasteiger charge is 2.45. The van der Waals surface area contributed by atoms with E-state index in [0.717, 1.165) is 17.5 Å². The normalized spacial score (nSPS) is 19.7. The second-order valence-electron chi connectivity index (χ2n) is 5.72. The van der Waals surface area contributed by atoms with Crippen molar-refractivity contribution in [2.24, 2.45) is 0 Å². The van der Waals surface area contributed by atoms with Crippen LogP contribution in [0, 0.1) is 0 Å². The Hall–Kier alpha value is -2.66. The van der Waals surface area contributed by atoms with Crippen molar-refractivity contribution < 1.29 is 19.1 Å². The summed E-state index contributed by atoms with van der Waals surface area (Å²) in [4.78, 5) is 24.5. The zero-order valence-corrected chi connectivity index (χ0v) is 13.2. The van der Waals surface area contributed by atoms with Crippen LogP contribution in [0.2, 0.25) is 0 Å². The van der Waals surface area contributed by atoms with E-state index < -0.39 is 17.7 Å². The van der Waals surface area contributed by atoms with Crippen LogP contribution in [-0.4, -0.2) is 18.7 Å². The van der Waals surface area contributed by atoms with E-state index in [1.54, 1.807) is 0 Å². The first kappa shape index (κ1) is 16.2. The third kappa shape index (κ3) is 3.46. The Morgan fingerprint density at radius 3 is 2.29 bits per heavy atom. The Morgan fingerprint density at radius 1 is 1.00 bits per heavy atom. The molecule has 0 saturated carbocycles. The second kappa shape index (κ2) is 7.27. The summed E-state index contributed by atoms with van der Waals surface area (Å²) in [6, 6.07) is 18.6. The zero-order chi connectivity index (χ0) is 16.8. The predicted octanol–water partition coefficient (Wildman–Crippen LogP) is 3.15. The van der Waals surface area contributed by atoms with Crippen molar-refractivity contribution >= 4 is 12.1 Å². The highest BCUT2D eigenvalue weighted by molar-refractivity contribution is 5.90. The summed E-state index contributed by atoms with van der Waals surface area (Å²) in [5.41, 5.74) is 0.648. The van der Waals surface area contributed by atoms with Crippen molar-refractivity contribution in [2.45, 2.75) is 25.0 Å². The van der Waals surface area contributed by atoms with Crippen molar-refractivity contribution in [3.05, 3.63) is 71.8 Å². The summed E-state index contributed by atoms with van der Waals surface area (Å²) in [6.07, 6.45) is 0.443. The fourth-order valence-corrected chi connectivity index (χ4v) is 2.91. The van der Waals surface area contributed by atoms with Crippen molar-refractivity contribution in [3.63, 3.8) is 0 Å². The quantitative estimate of drug-likeness (QED) is 0.691. The first-order chi connectivity index (χ1) is 11.7. The Kier molecular flexibility index (Phi) is 4.91. The van der Waals surface area contributed by atoms with Crippen LogP contribution in [0.1, 0.15) is 24.0 Å². The highest BCUT2D eigenvalue weighted by Crippen LogP contribution is 2.32. The molecule has 3 rings (SSSR count). The summed E-state index contributed by atoms with van der Waals surface area (Å²) < 4.78 is 9.98. The molecule has 0 radical (unpaired) electrons. The van der Waals surface area contributed by atoms with E-state index in [4.69, 9.17) is 9.47 Å². The van der Waals surface area contributed by atoms with Crippen LogP contribution >= 0.6 is 0 Å². The Bertz CT molecular complexity index is 694. The van der Waals surface area contributed by atoms with Gasteiger partial charge in [0.15, 0.2) is 0 Å². The first-order valence-corrected chi connectivity index (χ1v) is 7.94. The largest absolute Gasteiger partial charge is 0.516 e. The van der Waals surface area contributed by atoms with Crippen LogP contribution in [0.4, 0.5) is 4.79 Å². The highest BCUT2D eigenvalue weighted by atomic mass is 16.7. The number of benzene rings is 2. The van der Waals surface area contributed by atoms with Crippen molar-refractivity contribution in [2.75, 3.05) is 6.54 Å². The molecule has 2 aromatic carbocycles. The number of esters is 1. The van der Waals surface area contributed by atoms with Gasteiger partial charge in [0.2, 0.25) is 0 Å². The molecule has 1 N–H and O–H groups in total. The zero-order valence-electron chi connectivity index (χ0n) is 13.2. The van der Waals surface area contributed by atoms with Crippen molar-refractivity contribution in [1.29, 1.82) is 0 Å². The summed E-state index contributed by atoms with van der Waals surface area (Å²) in [6.45, 7) is 0.766. The summed E-state index contributed by atoms with van der Waals surface area (Å²) in [5, 5.41) is 3.18. The molecule has 0 bridgehead atoms. The summed E-state index contributed by atoms with van der Waals surface area (Å²) in [5.74, 6) is -0.621. The lowest BCUT2D eigenvalue weighted by Crippen LogP contribution is -2.46. The molecule has 0 aliphatic carbocycles. The molecule has 1 aliphatic heterocycles. The van der Waals surface area contributed by atoms with Gasteiger partial charge in [-0.2, -0.15) is 0 Å². The lowest BCUT2D eigenvalue weighted by molar-refractivity contribution is -0.147. The third-order valence-electron chi connectivity index (χ3n) is 4.15. The van der Waals surface area contributed by atoms with E-state index in [2.05, 4.69) is 5.32 Å². The topological polar surface area (TPSA) is 64.6 Å². The van der Waals surface area contributed by atoms with E-state index in [1.165, 1.54) is 0 Å². The second-order valence-corrected chi connectivity index (χ2v) is 5.72. The van der Waals surface area contributed by atoms with E-state index >= 15 is 0 Å². The van der Waals surface area contributed by atoms with Gasteiger partial charge in [0.25, 0.3) is 0 Å². The van der Waals surface area contributed by atoms with Gasteiger partial charge < -0.3 is 9.47 Å². The minimum atomic E-state index is -0.979. The number of nitrogens with one attached hydrogen (secondary N) is 1. The molecule has 1 aliphatic rings. The monoisotopic (exact) mass is 325 g/mol. The molecule has 1 heterocycles. The van der Waals surface area contributed by atoms with Crippen LogP contribution in [-0.2, 0) is 26.4 Å². The Morgan fingerprint density at radius 2 is 1.67 bits per heavy atom. The minimum Gasteiger partial charge on any atom is -0.429 e. The molecule has 0 amide bonds. The molecule has 1 saturated heterocycles. The van der Waals surface area contributed by atoms with E-state index in [9.17, 15) is 9.59 Å². The number of carbonyl (C=O) groups excluding carboxylic acids is 2. The number of carbonyl (C=O) groups is 2. The van der Waals surface area contributed by atoms with E-state index in [0.29, 0.717) is 13.0 Å². The standard InChI is InChI=1S/C19H19NO4/c21-17(24-18(22)23-14-15-8-3-1-4-9-15)19(12-7-13-20-19)16-10-5-2-6-11-16/h1-6,8-11,20H,7,12-14H2. The van der Waals surface area contributed by atoms with Crippen molar-refractivity contribution in [3.8, 4) is 0 Å². The summed E-state index contributed by atoms with van der Waals surface area (Å²) >= 11 is 0. The van der Waals surface area contributed by atoms with Gasteiger partial charge in [-0.05, 0) is 30.5 Å². The van der Waals surface area contributed by atoms with Gasteiger partial charge in [0, 0.05) is 0 Å². The maximum Gasteiger partial charge on any atom is 0.516 e. The molecule has 2 aromatic rings. The van der Waals surface area contributed by atoms with Gasteiger partial charge in [0.05, 0.1) is 0 Å². The van der Waals surface area contributed by atoms with Gasteiger partial charge in [0.1, 0.15) is 12.1 Å². The molecule has 1 fully saturated rings. The molecule has 124 valence electrons. The van der Waals surface area contributed by atoms with Crippen LogP contribution < -0.4 is 5.32 Å². The maximum absolute atomic E-state index is 12.6. The van der Waals surface area contributed by atoms with E-state index in [1.807, 2.05) is 60.7 Å². The molecule has 0 spiro atoms. The molecule has 5 nitrogen and oxygen atoms in total. The third-order valence-corrected chi connectivity index (χ3v) is 4.15. The Balaban J connectivity index is 1.65. The van der Waals surface area contributed by atoms with Gasteiger partial charge in [-0.15, -0.1) is 0 Å². The molecule has 1 atom stereocenters. The average Bonchev–Trinajstić information content (AvgIpc) is 3.13.